The van der Waals surface area contributed by atoms with Crippen molar-refractivity contribution in [3.05, 3.63) is 53.6 Å². The van der Waals surface area contributed by atoms with Gasteiger partial charge in [0.2, 0.25) is 0 Å². The molecule has 1 N–H and O–H groups in total. The van der Waals surface area contributed by atoms with Crippen LogP contribution in [0.3, 0.4) is 0 Å². The minimum atomic E-state index is -0.461. The van der Waals surface area contributed by atoms with Crippen LogP contribution in [0.1, 0.15) is 12.5 Å². The van der Waals surface area contributed by atoms with Crippen LogP contribution in [0.15, 0.2) is 36.4 Å². The zero-order valence-electron chi connectivity index (χ0n) is 12.0. The lowest BCUT2D eigenvalue weighted by Gasteiger charge is -2.12. The van der Waals surface area contributed by atoms with Gasteiger partial charge in [-0.1, -0.05) is 0 Å². The number of ether oxygens (including phenoxy) is 2. The molecule has 5 heteroatoms. The van der Waals surface area contributed by atoms with Gasteiger partial charge in [0, 0.05) is 23.9 Å². The number of halogens is 2. The number of methoxy groups -OCH3 is 1. The molecule has 0 aromatic heterocycles. The Kier molecular flexibility index (Phi) is 4.98. The Morgan fingerprint density at radius 3 is 2.57 bits per heavy atom. The minimum absolute atomic E-state index is 0.181. The second-order valence-electron chi connectivity index (χ2n) is 4.39. The van der Waals surface area contributed by atoms with E-state index >= 15 is 0 Å². The van der Waals surface area contributed by atoms with Crippen LogP contribution >= 0.6 is 0 Å². The molecule has 0 aliphatic heterocycles. The van der Waals surface area contributed by atoms with Crippen LogP contribution in [0, 0.1) is 11.6 Å². The molecule has 0 atom stereocenters. The number of rotatable bonds is 6. The Labute approximate surface area is 122 Å². The maximum absolute atomic E-state index is 13.5. The number of anilines is 1. The maximum atomic E-state index is 13.5. The Morgan fingerprint density at radius 2 is 1.86 bits per heavy atom. The predicted molar refractivity (Wildman–Crippen MR) is 77.8 cm³/mol. The average Bonchev–Trinajstić information content (AvgIpc) is 2.49. The number of hydrogen-bond donors (Lipinski definition) is 1. The summed E-state index contributed by atoms with van der Waals surface area (Å²) in [7, 11) is 1.55. The van der Waals surface area contributed by atoms with E-state index in [1.54, 1.807) is 25.3 Å². The largest absolute Gasteiger partial charge is 0.493 e. The van der Waals surface area contributed by atoms with Gasteiger partial charge in [-0.05, 0) is 37.3 Å². The molecule has 2 aromatic rings. The minimum Gasteiger partial charge on any atom is -0.493 e. The molecule has 0 spiro atoms. The van der Waals surface area contributed by atoms with Gasteiger partial charge in [0.1, 0.15) is 11.6 Å². The third-order valence-electron chi connectivity index (χ3n) is 2.95. The van der Waals surface area contributed by atoms with Crippen molar-refractivity contribution in [1.29, 1.82) is 0 Å². The van der Waals surface area contributed by atoms with Crippen LogP contribution in [0.25, 0.3) is 0 Å². The molecule has 2 aromatic carbocycles. The fraction of sp³-hybridized carbons (Fsp3) is 0.250. The van der Waals surface area contributed by atoms with E-state index in [9.17, 15) is 8.78 Å². The zero-order valence-corrected chi connectivity index (χ0v) is 12.0. The Bertz CT molecular complexity index is 617. The van der Waals surface area contributed by atoms with Crippen molar-refractivity contribution in [1.82, 2.24) is 0 Å². The summed E-state index contributed by atoms with van der Waals surface area (Å²) in [5.41, 5.74) is 1.00. The van der Waals surface area contributed by atoms with Crippen molar-refractivity contribution >= 4 is 5.69 Å². The monoisotopic (exact) mass is 293 g/mol. The number of nitrogens with one attached hydrogen (secondary N) is 1. The first-order chi connectivity index (χ1) is 10.1. The maximum Gasteiger partial charge on any atom is 0.162 e. The first kappa shape index (κ1) is 15.1. The molecule has 2 rings (SSSR count). The highest BCUT2D eigenvalue weighted by Gasteiger charge is 2.07. The summed E-state index contributed by atoms with van der Waals surface area (Å²) in [5, 5.41) is 3.03. The molecule has 0 saturated carbocycles. The number of hydrogen-bond acceptors (Lipinski definition) is 3. The standard InChI is InChI=1S/C16H17F2NO2/c1-3-21-15-7-5-13(9-16(15)20-2)19-10-11-8-12(17)4-6-14(11)18/h4-9,19H,3,10H2,1-2H3. The summed E-state index contributed by atoms with van der Waals surface area (Å²) in [6.07, 6.45) is 0. The van der Waals surface area contributed by atoms with Gasteiger partial charge >= 0.3 is 0 Å². The van der Waals surface area contributed by atoms with E-state index in [1.807, 2.05) is 6.92 Å². The molecule has 0 aliphatic carbocycles. The molecule has 0 aliphatic rings. The van der Waals surface area contributed by atoms with Gasteiger partial charge in [0.25, 0.3) is 0 Å². The van der Waals surface area contributed by atoms with Gasteiger partial charge in [0.15, 0.2) is 11.5 Å². The summed E-state index contributed by atoms with van der Waals surface area (Å²) in [6, 6.07) is 8.71. The molecule has 0 bridgehead atoms. The third-order valence-corrected chi connectivity index (χ3v) is 2.95. The van der Waals surface area contributed by atoms with Gasteiger partial charge in [-0.25, -0.2) is 8.78 Å². The molecule has 0 heterocycles. The van der Waals surface area contributed by atoms with E-state index < -0.39 is 11.6 Å². The molecule has 0 radical (unpaired) electrons. The molecule has 21 heavy (non-hydrogen) atoms. The van der Waals surface area contributed by atoms with Gasteiger partial charge in [-0.15, -0.1) is 0 Å². The fourth-order valence-corrected chi connectivity index (χ4v) is 1.93. The van der Waals surface area contributed by atoms with Crippen molar-refractivity contribution in [2.45, 2.75) is 13.5 Å². The van der Waals surface area contributed by atoms with Crippen LogP contribution in [-0.4, -0.2) is 13.7 Å². The van der Waals surface area contributed by atoms with E-state index in [2.05, 4.69) is 5.32 Å². The molecule has 3 nitrogen and oxygen atoms in total. The van der Waals surface area contributed by atoms with Crippen molar-refractivity contribution in [2.24, 2.45) is 0 Å². The Balaban J connectivity index is 2.11. The quantitative estimate of drug-likeness (QED) is 0.873. The number of benzene rings is 2. The molecule has 0 fully saturated rings. The summed E-state index contributed by atoms with van der Waals surface area (Å²) in [6.45, 7) is 2.61. The second-order valence-corrected chi connectivity index (χ2v) is 4.39. The van der Waals surface area contributed by atoms with Crippen molar-refractivity contribution in [3.63, 3.8) is 0 Å². The Hall–Kier alpha value is -2.30. The second kappa shape index (κ2) is 6.92. The van der Waals surface area contributed by atoms with Crippen LogP contribution in [-0.2, 0) is 6.54 Å². The van der Waals surface area contributed by atoms with E-state index in [1.165, 1.54) is 6.07 Å². The summed E-state index contributed by atoms with van der Waals surface area (Å²) < 4.78 is 37.3. The fourth-order valence-electron chi connectivity index (χ4n) is 1.93. The lowest BCUT2D eigenvalue weighted by Crippen LogP contribution is -2.03. The summed E-state index contributed by atoms with van der Waals surface area (Å²) >= 11 is 0. The highest BCUT2D eigenvalue weighted by atomic mass is 19.1. The van der Waals surface area contributed by atoms with Crippen LogP contribution in [0.5, 0.6) is 11.5 Å². The third kappa shape index (κ3) is 3.84. The molecule has 112 valence electrons. The van der Waals surface area contributed by atoms with Crippen molar-refractivity contribution in [2.75, 3.05) is 19.0 Å². The van der Waals surface area contributed by atoms with Gasteiger partial charge in [-0.2, -0.15) is 0 Å². The van der Waals surface area contributed by atoms with Crippen LogP contribution in [0.2, 0.25) is 0 Å². The predicted octanol–water partition coefficient (Wildman–Crippen LogP) is 3.98. The first-order valence-electron chi connectivity index (χ1n) is 6.62. The van der Waals surface area contributed by atoms with Gasteiger partial charge < -0.3 is 14.8 Å². The molecular formula is C16H17F2NO2. The first-order valence-corrected chi connectivity index (χ1v) is 6.62. The topological polar surface area (TPSA) is 30.5 Å². The molecule has 0 amide bonds. The molecule has 0 saturated heterocycles. The van der Waals surface area contributed by atoms with E-state index in [-0.39, 0.29) is 12.1 Å². The van der Waals surface area contributed by atoms with Gasteiger partial charge in [0.05, 0.1) is 13.7 Å². The lowest BCUT2D eigenvalue weighted by atomic mass is 10.2. The SMILES string of the molecule is CCOc1ccc(NCc2cc(F)ccc2F)cc1OC. The van der Waals surface area contributed by atoms with Crippen molar-refractivity contribution in [3.8, 4) is 11.5 Å². The van der Waals surface area contributed by atoms with Crippen molar-refractivity contribution < 1.29 is 18.3 Å². The van der Waals surface area contributed by atoms with Crippen LogP contribution in [0.4, 0.5) is 14.5 Å². The Morgan fingerprint density at radius 1 is 1.05 bits per heavy atom. The van der Waals surface area contributed by atoms with E-state index in [4.69, 9.17) is 9.47 Å². The van der Waals surface area contributed by atoms with Crippen LogP contribution < -0.4 is 14.8 Å². The summed E-state index contributed by atoms with van der Waals surface area (Å²) in [4.78, 5) is 0. The lowest BCUT2D eigenvalue weighted by molar-refractivity contribution is 0.311. The highest BCUT2D eigenvalue weighted by molar-refractivity contribution is 5.55. The van der Waals surface area contributed by atoms with E-state index in [0.717, 1.165) is 17.8 Å². The van der Waals surface area contributed by atoms with E-state index in [0.29, 0.717) is 18.1 Å². The van der Waals surface area contributed by atoms with Gasteiger partial charge in [-0.3, -0.25) is 0 Å². The summed E-state index contributed by atoms with van der Waals surface area (Å²) in [5.74, 6) is 0.323. The average molecular weight is 293 g/mol. The highest BCUT2D eigenvalue weighted by Crippen LogP contribution is 2.30. The zero-order chi connectivity index (χ0) is 15.2. The smallest absolute Gasteiger partial charge is 0.162 e. The molecular weight excluding hydrogens is 276 g/mol. The molecule has 0 unspecified atom stereocenters. The normalized spacial score (nSPS) is 10.3.